The van der Waals surface area contributed by atoms with Gasteiger partial charge in [-0.05, 0) is 25.7 Å². The lowest BCUT2D eigenvalue weighted by Crippen LogP contribution is -2.40. The molecule has 0 aliphatic carbocycles. The Bertz CT molecular complexity index is 108. The predicted molar refractivity (Wildman–Crippen MR) is 52.1 cm³/mol. The number of nitrogens with one attached hydrogen (secondary N) is 1. The van der Waals surface area contributed by atoms with Gasteiger partial charge in [-0.25, -0.2) is 5.32 Å². The third kappa shape index (κ3) is 3.11. The molecule has 71 valence electrons. The van der Waals surface area contributed by atoms with Crippen molar-refractivity contribution >= 4 is 0 Å². The van der Waals surface area contributed by atoms with E-state index in [-0.39, 0.29) is 0 Å². The second kappa shape index (κ2) is 5.55. The van der Waals surface area contributed by atoms with E-state index in [0.29, 0.717) is 12.2 Å². The summed E-state index contributed by atoms with van der Waals surface area (Å²) in [5.74, 6) is 0. The van der Waals surface area contributed by atoms with Gasteiger partial charge in [0, 0.05) is 12.6 Å². The molecule has 0 bridgehead atoms. The molecule has 0 amide bonds. The fourth-order valence-electron chi connectivity index (χ4n) is 1.78. The van der Waals surface area contributed by atoms with Crippen LogP contribution in [-0.4, -0.2) is 18.8 Å². The first-order valence-corrected chi connectivity index (χ1v) is 5.29. The minimum atomic E-state index is 0.474. The Hall–Kier alpha value is -0.0800. The molecule has 1 heterocycles. The maximum Gasteiger partial charge on any atom is 0.0738 e. The Kier molecular flexibility index (Phi) is 4.62. The van der Waals surface area contributed by atoms with E-state index < -0.39 is 0 Å². The van der Waals surface area contributed by atoms with Gasteiger partial charge in [0.25, 0.3) is 0 Å². The molecule has 1 radical (unpaired) electrons. The number of hydrogen-bond acceptors (Lipinski definition) is 1. The molecule has 12 heavy (non-hydrogen) atoms. The van der Waals surface area contributed by atoms with Gasteiger partial charge in [-0.3, -0.25) is 5.32 Å². The minimum absolute atomic E-state index is 0.474. The van der Waals surface area contributed by atoms with Crippen LogP contribution >= 0.6 is 0 Å². The Morgan fingerprint density at radius 2 is 2.33 bits per heavy atom. The molecule has 2 nitrogen and oxygen atoms in total. The Morgan fingerprint density at radius 1 is 1.50 bits per heavy atom. The van der Waals surface area contributed by atoms with Gasteiger partial charge in [0.1, 0.15) is 0 Å². The third-order valence-corrected chi connectivity index (χ3v) is 2.54. The molecule has 1 aliphatic rings. The van der Waals surface area contributed by atoms with Crippen LogP contribution in [0.3, 0.4) is 0 Å². The molecular formula is C10H21N2. The zero-order chi connectivity index (χ0) is 8.81. The van der Waals surface area contributed by atoms with Crippen molar-refractivity contribution in [3.05, 3.63) is 0 Å². The first-order chi connectivity index (χ1) is 5.86. The smallest absolute Gasteiger partial charge is 0.0738 e. The van der Waals surface area contributed by atoms with Crippen molar-refractivity contribution in [1.82, 2.24) is 10.6 Å². The summed E-state index contributed by atoms with van der Waals surface area (Å²) in [6.45, 7) is 5.57. The third-order valence-electron chi connectivity index (χ3n) is 2.54. The van der Waals surface area contributed by atoms with Crippen LogP contribution in [0.5, 0.6) is 0 Å². The first kappa shape index (κ1) is 10.0. The molecule has 0 spiro atoms. The van der Waals surface area contributed by atoms with Gasteiger partial charge in [0.2, 0.25) is 0 Å². The van der Waals surface area contributed by atoms with E-state index in [1.54, 1.807) is 0 Å². The van der Waals surface area contributed by atoms with Gasteiger partial charge in [-0.2, -0.15) is 0 Å². The second-order valence-corrected chi connectivity index (χ2v) is 3.62. The lowest BCUT2D eigenvalue weighted by Gasteiger charge is -2.20. The predicted octanol–water partition coefficient (Wildman–Crippen LogP) is 1.88. The van der Waals surface area contributed by atoms with Crippen LogP contribution in [0.2, 0.25) is 0 Å². The molecule has 2 unspecified atom stereocenters. The van der Waals surface area contributed by atoms with E-state index >= 15 is 0 Å². The van der Waals surface area contributed by atoms with Gasteiger partial charge in [-0.1, -0.05) is 20.3 Å². The van der Waals surface area contributed by atoms with Gasteiger partial charge in [0.05, 0.1) is 6.17 Å². The average molecular weight is 169 g/mol. The molecule has 1 aliphatic heterocycles. The highest BCUT2D eigenvalue weighted by Gasteiger charge is 2.17. The van der Waals surface area contributed by atoms with Crippen molar-refractivity contribution in [1.29, 1.82) is 0 Å². The summed E-state index contributed by atoms with van der Waals surface area (Å²) in [5.41, 5.74) is 0. The largest absolute Gasteiger partial charge is 0.298 e. The first-order valence-electron chi connectivity index (χ1n) is 5.29. The van der Waals surface area contributed by atoms with Crippen LogP contribution in [0.25, 0.3) is 0 Å². The molecule has 2 atom stereocenters. The van der Waals surface area contributed by atoms with Crippen molar-refractivity contribution in [2.75, 3.05) is 6.54 Å². The topological polar surface area (TPSA) is 26.1 Å². The van der Waals surface area contributed by atoms with Gasteiger partial charge in [-0.15, -0.1) is 0 Å². The number of rotatable bonds is 5. The zero-order valence-corrected chi connectivity index (χ0v) is 8.34. The molecule has 1 saturated heterocycles. The summed E-state index contributed by atoms with van der Waals surface area (Å²) in [7, 11) is 0. The zero-order valence-electron chi connectivity index (χ0n) is 8.34. The summed E-state index contributed by atoms with van der Waals surface area (Å²) >= 11 is 0. The standard InChI is InChI=1S/C10H21N2/c1-3-6-9(4-2)12-10-7-5-8-11-10/h9-10,12H,3-8H2,1-2H3. The summed E-state index contributed by atoms with van der Waals surface area (Å²) in [6, 6.07) is 0.696. The monoisotopic (exact) mass is 169 g/mol. The summed E-state index contributed by atoms with van der Waals surface area (Å²) in [5, 5.41) is 8.09. The van der Waals surface area contributed by atoms with Gasteiger partial charge < -0.3 is 0 Å². The van der Waals surface area contributed by atoms with E-state index in [1.165, 1.54) is 32.1 Å². The highest BCUT2D eigenvalue weighted by molar-refractivity contribution is 4.75. The molecule has 0 aromatic carbocycles. The highest BCUT2D eigenvalue weighted by Crippen LogP contribution is 2.08. The van der Waals surface area contributed by atoms with Crippen LogP contribution in [0, 0.1) is 0 Å². The van der Waals surface area contributed by atoms with Crippen molar-refractivity contribution in [2.24, 2.45) is 0 Å². The quantitative estimate of drug-likeness (QED) is 0.668. The molecule has 0 saturated carbocycles. The molecule has 0 aromatic heterocycles. The fraction of sp³-hybridized carbons (Fsp3) is 1.00. The van der Waals surface area contributed by atoms with E-state index in [9.17, 15) is 0 Å². The molecule has 2 heteroatoms. The van der Waals surface area contributed by atoms with Crippen LogP contribution in [0.1, 0.15) is 46.0 Å². The molecular weight excluding hydrogens is 148 g/mol. The Balaban J connectivity index is 2.16. The van der Waals surface area contributed by atoms with Crippen LogP contribution in [0.4, 0.5) is 0 Å². The summed E-state index contributed by atoms with van der Waals surface area (Å²) < 4.78 is 0. The maximum absolute atomic E-state index is 4.49. The number of nitrogens with zero attached hydrogens (tertiary/aromatic N) is 1. The Labute approximate surface area is 76.1 Å². The lowest BCUT2D eigenvalue weighted by molar-refractivity contribution is 0.374. The number of hydrogen-bond donors (Lipinski definition) is 1. The summed E-state index contributed by atoms with van der Waals surface area (Å²) in [4.78, 5) is 0. The summed E-state index contributed by atoms with van der Waals surface area (Å²) in [6.07, 6.45) is 6.81. The van der Waals surface area contributed by atoms with E-state index in [2.05, 4.69) is 24.5 Å². The average Bonchev–Trinajstić information content (AvgIpc) is 2.56. The highest BCUT2D eigenvalue weighted by atomic mass is 15.1. The molecule has 1 N–H and O–H groups in total. The molecule has 0 aromatic rings. The van der Waals surface area contributed by atoms with Crippen molar-refractivity contribution in [3.63, 3.8) is 0 Å². The molecule has 1 fully saturated rings. The fourth-order valence-corrected chi connectivity index (χ4v) is 1.78. The SMILES string of the molecule is CCCC(CC)NC1CCC[N]1. The second-order valence-electron chi connectivity index (χ2n) is 3.62. The molecule has 1 rings (SSSR count). The van der Waals surface area contributed by atoms with Crippen molar-refractivity contribution < 1.29 is 0 Å². The van der Waals surface area contributed by atoms with Gasteiger partial charge >= 0.3 is 0 Å². The van der Waals surface area contributed by atoms with E-state index in [1.807, 2.05) is 0 Å². The van der Waals surface area contributed by atoms with Gasteiger partial charge in [0.15, 0.2) is 0 Å². The van der Waals surface area contributed by atoms with E-state index in [4.69, 9.17) is 0 Å². The lowest BCUT2D eigenvalue weighted by atomic mass is 10.1. The maximum atomic E-state index is 4.49. The van der Waals surface area contributed by atoms with Crippen LogP contribution < -0.4 is 10.6 Å². The van der Waals surface area contributed by atoms with Crippen LogP contribution in [0.15, 0.2) is 0 Å². The normalized spacial score (nSPS) is 26.0. The van der Waals surface area contributed by atoms with Crippen LogP contribution in [-0.2, 0) is 0 Å². The van der Waals surface area contributed by atoms with E-state index in [0.717, 1.165) is 6.54 Å². The van der Waals surface area contributed by atoms with Crippen molar-refractivity contribution in [2.45, 2.75) is 58.2 Å². The Morgan fingerprint density at radius 3 is 2.83 bits per heavy atom. The minimum Gasteiger partial charge on any atom is -0.298 e. The van der Waals surface area contributed by atoms with Crippen molar-refractivity contribution in [3.8, 4) is 0 Å².